The summed E-state index contributed by atoms with van der Waals surface area (Å²) in [5.41, 5.74) is 1.41. The summed E-state index contributed by atoms with van der Waals surface area (Å²) in [6.45, 7) is 12.2. The summed E-state index contributed by atoms with van der Waals surface area (Å²) >= 11 is 0. The van der Waals surface area contributed by atoms with Crippen LogP contribution >= 0.6 is 0 Å². The molecule has 1 unspecified atom stereocenters. The Kier molecular flexibility index (Phi) is 8.01. The molecule has 0 aromatic heterocycles. The Balaban J connectivity index is 1.54. The summed E-state index contributed by atoms with van der Waals surface area (Å²) < 4.78 is 5.29. The maximum atomic E-state index is 5.29. The quantitative estimate of drug-likeness (QED) is 0.574. The van der Waals surface area contributed by atoms with Crippen LogP contribution < -0.4 is 10.1 Å². The Morgan fingerprint density at radius 2 is 1.86 bits per heavy atom. The zero-order chi connectivity index (χ0) is 19.8. The lowest BCUT2D eigenvalue weighted by molar-refractivity contribution is 0.188. The zero-order valence-corrected chi connectivity index (χ0v) is 18.0. The van der Waals surface area contributed by atoms with Crippen molar-refractivity contribution in [3.8, 4) is 5.75 Å². The van der Waals surface area contributed by atoms with Crippen LogP contribution in [0.25, 0.3) is 0 Å². The summed E-state index contributed by atoms with van der Waals surface area (Å²) in [4.78, 5) is 10.1. The highest BCUT2D eigenvalue weighted by Gasteiger charge is 2.26. The molecule has 1 aromatic rings. The van der Waals surface area contributed by atoms with Crippen LogP contribution in [0.4, 0.5) is 0 Å². The van der Waals surface area contributed by atoms with Gasteiger partial charge in [-0.15, -0.1) is 0 Å². The standard InChI is InChI=1S/C23H38N4O/c1-4-13-26-14-10-19(11-15-26)17-25-23(24-5-2)27-16-12-21(18-27)20-6-8-22(28-3)9-7-20/h6-9,19,21H,4-5,10-18H2,1-3H3,(H,24,25). The molecule has 1 N–H and O–H groups in total. The maximum Gasteiger partial charge on any atom is 0.193 e. The van der Waals surface area contributed by atoms with Crippen LogP contribution in [0.15, 0.2) is 29.3 Å². The van der Waals surface area contributed by atoms with Gasteiger partial charge in [-0.05, 0) is 75.9 Å². The number of hydrogen-bond donors (Lipinski definition) is 1. The minimum Gasteiger partial charge on any atom is -0.497 e. The molecule has 2 fully saturated rings. The van der Waals surface area contributed by atoms with Gasteiger partial charge in [-0.2, -0.15) is 0 Å². The van der Waals surface area contributed by atoms with E-state index in [0.29, 0.717) is 5.92 Å². The van der Waals surface area contributed by atoms with Crippen LogP contribution in [-0.4, -0.2) is 68.7 Å². The lowest BCUT2D eigenvalue weighted by Crippen LogP contribution is -2.41. The molecule has 0 saturated carbocycles. The molecule has 0 bridgehead atoms. The highest BCUT2D eigenvalue weighted by atomic mass is 16.5. The lowest BCUT2D eigenvalue weighted by atomic mass is 9.97. The molecule has 2 heterocycles. The second-order valence-electron chi connectivity index (χ2n) is 8.18. The molecule has 0 spiro atoms. The first kappa shape index (κ1) is 21.0. The van der Waals surface area contributed by atoms with Gasteiger partial charge in [0, 0.05) is 32.1 Å². The van der Waals surface area contributed by atoms with Gasteiger partial charge in [0.05, 0.1) is 7.11 Å². The maximum absolute atomic E-state index is 5.29. The highest BCUT2D eigenvalue weighted by molar-refractivity contribution is 5.80. The van der Waals surface area contributed by atoms with Gasteiger partial charge in [0.15, 0.2) is 5.96 Å². The Morgan fingerprint density at radius 1 is 1.11 bits per heavy atom. The third kappa shape index (κ3) is 5.63. The normalized spacial score (nSPS) is 21.9. The van der Waals surface area contributed by atoms with Crippen molar-refractivity contribution in [1.82, 2.24) is 15.1 Å². The van der Waals surface area contributed by atoms with E-state index in [1.165, 1.54) is 50.9 Å². The highest BCUT2D eigenvalue weighted by Crippen LogP contribution is 2.28. The van der Waals surface area contributed by atoms with Gasteiger partial charge in [0.25, 0.3) is 0 Å². The summed E-state index contributed by atoms with van der Waals surface area (Å²) in [6.07, 6.45) is 5.03. The molecule has 28 heavy (non-hydrogen) atoms. The third-order valence-electron chi connectivity index (χ3n) is 6.16. The average Bonchev–Trinajstić information content (AvgIpc) is 3.22. The number of ether oxygens (including phenoxy) is 1. The number of guanidine groups is 1. The van der Waals surface area contributed by atoms with E-state index in [9.17, 15) is 0 Å². The van der Waals surface area contributed by atoms with Crippen molar-refractivity contribution in [2.45, 2.75) is 45.4 Å². The number of aliphatic imine (C=N–C) groups is 1. The molecule has 2 aliphatic rings. The number of likely N-dealkylation sites (tertiary alicyclic amines) is 2. The summed E-state index contributed by atoms with van der Waals surface area (Å²) in [5.74, 6) is 3.35. The molecule has 2 aliphatic heterocycles. The molecule has 1 atom stereocenters. The van der Waals surface area contributed by atoms with Gasteiger partial charge < -0.3 is 19.9 Å². The summed E-state index contributed by atoms with van der Waals surface area (Å²) in [5, 5.41) is 3.53. The SMILES string of the molecule is CCCN1CCC(CN=C(NCC)N2CCC(c3ccc(OC)cc3)C2)CC1. The van der Waals surface area contributed by atoms with Crippen molar-refractivity contribution in [1.29, 1.82) is 0 Å². The van der Waals surface area contributed by atoms with Gasteiger partial charge >= 0.3 is 0 Å². The predicted molar refractivity (Wildman–Crippen MR) is 117 cm³/mol. The van der Waals surface area contributed by atoms with Crippen molar-refractivity contribution >= 4 is 5.96 Å². The number of methoxy groups -OCH3 is 1. The predicted octanol–water partition coefficient (Wildman–Crippen LogP) is 3.57. The Bertz CT molecular complexity index is 608. The molecule has 2 saturated heterocycles. The van der Waals surface area contributed by atoms with Crippen LogP contribution in [0.3, 0.4) is 0 Å². The van der Waals surface area contributed by atoms with Crippen molar-refractivity contribution in [2.75, 3.05) is 52.9 Å². The van der Waals surface area contributed by atoms with Crippen molar-refractivity contribution in [3.05, 3.63) is 29.8 Å². The molecule has 156 valence electrons. The van der Waals surface area contributed by atoms with E-state index in [1.54, 1.807) is 7.11 Å². The molecule has 3 rings (SSSR count). The first-order valence-electron chi connectivity index (χ1n) is 11.1. The van der Waals surface area contributed by atoms with Crippen LogP contribution in [0.5, 0.6) is 5.75 Å². The van der Waals surface area contributed by atoms with Crippen LogP contribution in [0.2, 0.25) is 0 Å². The number of hydrogen-bond acceptors (Lipinski definition) is 3. The fraction of sp³-hybridized carbons (Fsp3) is 0.696. The van der Waals surface area contributed by atoms with E-state index in [-0.39, 0.29) is 0 Å². The minimum absolute atomic E-state index is 0.576. The van der Waals surface area contributed by atoms with E-state index in [4.69, 9.17) is 9.73 Å². The Morgan fingerprint density at radius 3 is 2.50 bits per heavy atom. The molecular weight excluding hydrogens is 348 g/mol. The number of piperidine rings is 1. The molecule has 5 nitrogen and oxygen atoms in total. The van der Waals surface area contributed by atoms with Crippen LogP contribution in [-0.2, 0) is 0 Å². The largest absolute Gasteiger partial charge is 0.497 e. The zero-order valence-electron chi connectivity index (χ0n) is 18.0. The monoisotopic (exact) mass is 386 g/mol. The number of benzene rings is 1. The second-order valence-corrected chi connectivity index (χ2v) is 8.18. The molecule has 5 heteroatoms. The smallest absolute Gasteiger partial charge is 0.193 e. The van der Waals surface area contributed by atoms with Crippen molar-refractivity contribution in [2.24, 2.45) is 10.9 Å². The first-order valence-corrected chi connectivity index (χ1v) is 11.1. The fourth-order valence-electron chi connectivity index (χ4n) is 4.45. The van der Waals surface area contributed by atoms with Gasteiger partial charge in [-0.3, -0.25) is 4.99 Å². The molecule has 0 aliphatic carbocycles. The Labute approximate surface area is 171 Å². The van der Waals surface area contributed by atoms with Crippen LogP contribution in [0, 0.1) is 5.92 Å². The topological polar surface area (TPSA) is 40.1 Å². The van der Waals surface area contributed by atoms with Gasteiger partial charge in [0.1, 0.15) is 5.75 Å². The molecule has 1 aromatic carbocycles. The third-order valence-corrected chi connectivity index (χ3v) is 6.16. The Hall–Kier alpha value is -1.75. The fourth-order valence-corrected chi connectivity index (χ4v) is 4.45. The van der Waals surface area contributed by atoms with Crippen molar-refractivity contribution in [3.63, 3.8) is 0 Å². The average molecular weight is 387 g/mol. The summed E-state index contributed by atoms with van der Waals surface area (Å²) in [7, 11) is 1.72. The number of nitrogens with one attached hydrogen (secondary N) is 1. The van der Waals surface area contributed by atoms with Gasteiger partial charge in [-0.25, -0.2) is 0 Å². The number of nitrogens with zero attached hydrogens (tertiary/aromatic N) is 3. The first-order chi connectivity index (χ1) is 13.7. The second kappa shape index (κ2) is 10.7. The lowest BCUT2D eigenvalue weighted by Gasteiger charge is -2.31. The van der Waals surface area contributed by atoms with E-state index < -0.39 is 0 Å². The number of rotatable bonds is 7. The van der Waals surface area contributed by atoms with E-state index >= 15 is 0 Å². The molecule has 0 amide bonds. The van der Waals surface area contributed by atoms with Gasteiger partial charge in [-0.1, -0.05) is 19.1 Å². The van der Waals surface area contributed by atoms with E-state index in [0.717, 1.165) is 43.8 Å². The van der Waals surface area contributed by atoms with Crippen LogP contribution in [0.1, 0.15) is 51.0 Å². The summed E-state index contributed by atoms with van der Waals surface area (Å²) in [6, 6.07) is 8.56. The van der Waals surface area contributed by atoms with Crippen molar-refractivity contribution < 1.29 is 4.74 Å². The minimum atomic E-state index is 0.576. The van der Waals surface area contributed by atoms with E-state index in [2.05, 4.69) is 53.2 Å². The molecule has 0 radical (unpaired) electrons. The van der Waals surface area contributed by atoms with Gasteiger partial charge in [0.2, 0.25) is 0 Å². The molecular formula is C23H38N4O. The van der Waals surface area contributed by atoms with E-state index in [1.807, 2.05) is 0 Å².